The van der Waals surface area contributed by atoms with E-state index >= 15 is 0 Å². The van der Waals surface area contributed by atoms with Crippen LogP contribution in [0.1, 0.15) is 38.2 Å². The van der Waals surface area contributed by atoms with Crippen molar-refractivity contribution in [1.29, 1.82) is 0 Å². The van der Waals surface area contributed by atoms with Gasteiger partial charge in [0.1, 0.15) is 23.7 Å². The maximum absolute atomic E-state index is 13.5. The van der Waals surface area contributed by atoms with E-state index in [1.54, 1.807) is 4.68 Å². The van der Waals surface area contributed by atoms with Crippen LogP contribution in [0.15, 0.2) is 64.0 Å². The van der Waals surface area contributed by atoms with Crippen molar-refractivity contribution in [3.63, 3.8) is 0 Å². The van der Waals surface area contributed by atoms with Crippen molar-refractivity contribution in [2.45, 2.75) is 32.4 Å². The first-order chi connectivity index (χ1) is 13.8. The summed E-state index contributed by atoms with van der Waals surface area (Å²) in [7, 11) is 0. The van der Waals surface area contributed by atoms with Crippen LogP contribution in [-0.4, -0.2) is 20.2 Å². The number of anilines is 1. The van der Waals surface area contributed by atoms with Gasteiger partial charge in [0.15, 0.2) is 11.3 Å². The molecule has 0 aliphatic rings. The van der Waals surface area contributed by atoms with Gasteiger partial charge >= 0.3 is 0 Å². The first kappa shape index (κ1) is 18.8. The molecule has 29 heavy (non-hydrogen) atoms. The molecule has 1 N–H and O–H groups in total. The number of hydrogen-bond donors (Lipinski definition) is 1. The molecule has 148 valence electrons. The van der Waals surface area contributed by atoms with Gasteiger partial charge in [-0.2, -0.15) is 0 Å². The number of nitrogens with zero attached hydrogens (tertiary/aromatic N) is 4. The zero-order valence-corrected chi connectivity index (χ0v) is 16.3. The molecule has 2 aromatic heterocycles. The fraction of sp³-hybridized carbons (Fsp3) is 0.238. The molecule has 0 saturated heterocycles. The molecule has 4 rings (SSSR count). The van der Waals surface area contributed by atoms with Gasteiger partial charge in [-0.15, -0.1) is 5.10 Å². The minimum absolute atomic E-state index is 0.188. The summed E-state index contributed by atoms with van der Waals surface area (Å²) in [5.74, 6) is -0.000786. The normalized spacial score (nSPS) is 12.8. The summed E-state index contributed by atoms with van der Waals surface area (Å²) in [5.41, 5.74) is 0.624. The van der Waals surface area contributed by atoms with Crippen LogP contribution in [0.4, 0.5) is 10.1 Å². The van der Waals surface area contributed by atoms with Crippen LogP contribution in [0, 0.1) is 5.82 Å². The second kappa shape index (κ2) is 7.12. The number of halogens is 1. The Balaban J connectivity index is 1.91. The molecule has 8 heteroatoms. The smallest absolute Gasteiger partial charge is 0.198 e. The maximum Gasteiger partial charge on any atom is 0.198 e. The van der Waals surface area contributed by atoms with Crippen molar-refractivity contribution in [1.82, 2.24) is 20.2 Å². The number of nitrogens with one attached hydrogen (secondary N) is 1. The Morgan fingerprint density at radius 3 is 2.62 bits per heavy atom. The van der Waals surface area contributed by atoms with Crippen LogP contribution >= 0.6 is 0 Å². The van der Waals surface area contributed by atoms with Crippen LogP contribution in [0.5, 0.6) is 0 Å². The summed E-state index contributed by atoms with van der Waals surface area (Å²) in [6.45, 7) is 5.91. The molecule has 0 amide bonds. The third-order valence-corrected chi connectivity index (χ3v) is 4.55. The Bertz CT molecular complexity index is 1210. The van der Waals surface area contributed by atoms with Crippen molar-refractivity contribution >= 4 is 16.7 Å². The second-order valence-corrected chi connectivity index (χ2v) is 7.72. The quantitative estimate of drug-likeness (QED) is 0.566. The van der Waals surface area contributed by atoms with Gasteiger partial charge in [-0.3, -0.25) is 4.79 Å². The summed E-state index contributed by atoms with van der Waals surface area (Å²) in [6, 6.07) is 12.6. The van der Waals surface area contributed by atoms with Crippen molar-refractivity contribution in [3.05, 3.63) is 82.2 Å². The molecule has 7 nitrogen and oxygen atoms in total. The van der Waals surface area contributed by atoms with Gasteiger partial charge in [0.25, 0.3) is 0 Å². The van der Waals surface area contributed by atoms with Gasteiger partial charge in [-0.25, -0.2) is 9.07 Å². The van der Waals surface area contributed by atoms with Gasteiger partial charge in [-0.1, -0.05) is 18.2 Å². The molecule has 1 atom stereocenters. The molecule has 2 aromatic carbocycles. The zero-order valence-electron chi connectivity index (χ0n) is 16.3. The monoisotopic (exact) mass is 393 g/mol. The van der Waals surface area contributed by atoms with Gasteiger partial charge in [0.2, 0.25) is 0 Å². The SMILES string of the molecule is CC(C)(C)n1nnnc1C(Nc1ccccc1)c1coc2cc(F)ccc2c1=O. The Hall–Kier alpha value is -3.55. The zero-order chi connectivity index (χ0) is 20.6. The highest BCUT2D eigenvalue weighted by atomic mass is 19.1. The third kappa shape index (κ3) is 3.61. The highest BCUT2D eigenvalue weighted by molar-refractivity contribution is 5.77. The average Bonchev–Trinajstić information content (AvgIpc) is 3.18. The van der Waals surface area contributed by atoms with E-state index in [2.05, 4.69) is 20.8 Å². The highest BCUT2D eigenvalue weighted by Crippen LogP contribution is 2.27. The molecular formula is C21H20FN5O2. The molecule has 0 fully saturated rings. The van der Waals surface area contributed by atoms with Crippen molar-refractivity contribution in [2.75, 3.05) is 5.32 Å². The highest BCUT2D eigenvalue weighted by Gasteiger charge is 2.29. The standard InChI is InChI=1S/C21H20FN5O2/c1-21(2,3)27-20(24-25-26-27)18(23-14-7-5-4-6-8-14)16-12-29-17-11-13(22)9-10-15(17)19(16)28/h4-12,18,23H,1-3H3. The van der Waals surface area contributed by atoms with Crippen LogP contribution in [0.2, 0.25) is 0 Å². The Morgan fingerprint density at radius 2 is 1.90 bits per heavy atom. The molecule has 0 bridgehead atoms. The maximum atomic E-state index is 13.5. The summed E-state index contributed by atoms with van der Waals surface area (Å²) in [4.78, 5) is 13.2. The van der Waals surface area contributed by atoms with Crippen molar-refractivity contribution in [3.8, 4) is 0 Å². The molecule has 0 aliphatic heterocycles. The summed E-state index contributed by atoms with van der Waals surface area (Å²) >= 11 is 0. The lowest BCUT2D eigenvalue weighted by Crippen LogP contribution is -2.31. The van der Waals surface area contributed by atoms with Gasteiger partial charge in [-0.05, 0) is 55.5 Å². The topological polar surface area (TPSA) is 85.8 Å². The fourth-order valence-corrected chi connectivity index (χ4v) is 3.15. The Kier molecular flexibility index (Phi) is 4.62. The number of hydrogen-bond acceptors (Lipinski definition) is 6. The molecule has 0 spiro atoms. The van der Waals surface area contributed by atoms with Crippen LogP contribution in [-0.2, 0) is 5.54 Å². The summed E-state index contributed by atoms with van der Waals surface area (Å²) < 4.78 is 20.8. The van der Waals surface area contributed by atoms with E-state index in [0.717, 1.165) is 5.69 Å². The summed E-state index contributed by atoms with van der Waals surface area (Å²) in [6.07, 6.45) is 1.34. The van der Waals surface area contributed by atoms with E-state index in [1.165, 1.54) is 24.5 Å². The van der Waals surface area contributed by atoms with Crippen LogP contribution in [0.3, 0.4) is 0 Å². The van der Waals surface area contributed by atoms with Gasteiger partial charge in [0, 0.05) is 11.8 Å². The fourth-order valence-electron chi connectivity index (χ4n) is 3.15. The Labute approximate surface area is 166 Å². The minimum Gasteiger partial charge on any atom is -0.464 e. The molecular weight excluding hydrogens is 373 g/mol. The van der Waals surface area contributed by atoms with E-state index in [1.807, 2.05) is 51.1 Å². The van der Waals surface area contributed by atoms with E-state index < -0.39 is 17.4 Å². The number of rotatable bonds is 4. The van der Waals surface area contributed by atoms with Gasteiger partial charge < -0.3 is 9.73 Å². The molecule has 0 saturated carbocycles. The lowest BCUT2D eigenvalue weighted by atomic mass is 10.0. The summed E-state index contributed by atoms with van der Waals surface area (Å²) in [5, 5.41) is 15.7. The number of benzene rings is 2. The minimum atomic E-state index is -0.669. The van der Waals surface area contributed by atoms with E-state index in [4.69, 9.17) is 4.42 Å². The lowest BCUT2D eigenvalue weighted by molar-refractivity contribution is 0.332. The largest absolute Gasteiger partial charge is 0.464 e. The van der Waals surface area contributed by atoms with Crippen LogP contribution < -0.4 is 10.7 Å². The van der Waals surface area contributed by atoms with E-state index in [9.17, 15) is 9.18 Å². The molecule has 1 unspecified atom stereocenters. The molecule has 2 heterocycles. The van der Waals surface area contributed by atoms with Crippen LogP contribution in [0.25, 0.3) is 11.0 Å². The number of fused-ring (bicyclic) bond motifs is 1. The third-order valence-electron chi connectivity index (χ3n) is 4.55. The Morgan fingerprint density at radius 1 is 1.14 bits per heavy atom. The second-order valence-electron chi connectivity index (χ2n) is 7.72. The number of para-hydroxylation sites is 1. The average molecular weight is 393 g/mol. The van der Waals surface area contributed by atoms with Crippen molar-refractivity contribution < 1.29 is 8.81 Å². The number of tetrazole rings is 1. The van der Waals surface area contributed by atoms with E-state index in [0.29, 0.717) is 16.8 Å². The molecule has 0 radical (unpaired) electrons. The number of aromatic nitrogens is 4. The first-order valence-corrected chi connectivity index (χ1v) is 9.16. The predicted molar refractivity (Wildman–Crippen MR) is 107 cm³/mol. The molecule has 0 aliphatic carbocycles. The molecule has 4 aromatic rings. The first-order valence-electron chi connectivity index (χ1n) is 9.16. The van der Waals surface area contributed by atoms with Gasteiger partial charge in [0.05, 0.1) is 16.5 Å². The van der Waals surface area contributed by atoms with Crippen molar-refractivity contribution in [2.24, 2.45) is 0 Å². The lowest BCUT2D eigenvalue weighted by Gasteiger charge is -2.25. The predicted octanol–water partition coefficient (Wildman–Crippen LogP) is 3.88. The van der Waals surface area contributed by atoms with E-state index in [-0.39, 0.29) is 11.0 Å².